The van der Waals surface area contributed by atoms with Crippen molar-refractivity contribution in [1.82, 2.24) is 0 Å². The Morgan fingerprint density at radius 3 is 1.11 bits per heavy atom. The molecule has 0 saturated carbocycles. The molecule has 0 spiro atoms. The first-order valence-electron chi connectivity index (χ1n) is 21.5. The number of rotatable bonds is 8. The molecule has 0 radical (unpaired) electrons. The summed E-state index contributed by atoms with van der Waals surface area (Å²) in [6, 6.07) is 61.9. The Kier molecular flexibility index (Phi) is 10.1. The van der Waals surface area contributed by atoms with Crippen molar-refractivity contribution < 1.29 is 32.1 Å². The van der Waals surface area contributed by atoms with E-state index in [1.165, 1.54) is 66.8 Å². The van der Waals surface area contributed by atoms with Crippen LogP contribution in [-0.2, 0) is 34.1 Å². The van der Waals surface area contributed by atoms with Gasteiger partial charge >= 0.3 is 375 Å². The molecule has 8 aromatic rings. The van der Waals surface area contributed by atoms with Crippen LogP contribution < -0.4 is 0 Å². The Morgan fingerprint density at radius 1 is 0.361 bits per heavy atom. The third kappa shape index (κ3) is 7.53. The average Bonchev–Trinajstić information content (AvgIpc) is 4.10. The molecule has 0 fully saturated rings. The predicted molar refractivity (Wildman–Crippen MR) is 251 cm³/mol. The molecule has 10 rings (SSSR count). The molecule has 2 nitrogen and oxygen atoms in total. The molecule has 0 N–H and O–H groups in total. The summed E-state index contributed by atoms with van der Waals surface area (Å²) in [4.78, 5) is 0. The maximum atomic E-state index is 6.85. The molecule has 2 aliphatic rings. The van der Waals surface area contributed by atoms with Gasteiger partial charge in [-0.05, 0) is 0 Å². The van der Waals surface area contributed by atoms with Crippen molar-refractivity contribution in [3.63, 3.8) is 0 Å². The summed E-state index contributed by atoms with van der Waals surface area (Å²) < 4.78 is 14.2. The van der Waals surface area contributed by atoms with E-state index in [9.17, 15) is 0 Å². The maximum absolute atomic E-state index is 6.85. The minimum absolute atomic E-state index is 0.0896. The van der Waals surface area contributed by atoms with E-state index in [1.54, 1.807) is 0 Å². The molecule has 2 unspecified atom stereocenters. The second kappa shape index (κ2) is 15.6. The van der Waals surface area contributed by atoms with E-state index >= 15 is 0 Å². The molecular formula is C58H50O2Zr. The van der Waals surface area contributed by atoms with E-state index in [0.29, 0.717) is 0 Å². The van der Waals surface area contributed by atoms with Gasteiger partial charge in [-0.2, -0.15) is 0 Å². The molecule has 61 heavy (non-hydrogen) atoms. The van der Waals surface area contributed by atoms with Crippen LogP contribution in [0.3, 0.4) is 0 Å². The zero-order chi connectivity index (χ0) is 41.9. The number of allylic oxidation sites excluding steroid dienone is 2. The first-order chi connectivity index (χ1) is 29.5. The first-order valence-corrected chi connectivity index (χ1v) is 24.3. The van der Waals surface area contributed by atoms with E-state index < -0.39 is 23.2 Å². The third-order valence-corrected chi connectivity index (χ3v) is 17.2. The molecule has 0 aliphatic heterocycles. The fourth-order valence-corrected chi connectivity index (χ4v) is 14.0. The van der Waals surface area contributed by atoms with Gasteiger partial charge in [-0.15, -0.1) is 0 Å². The average molecular weight is 870 g/mol. The minimum atomic E-state index is -1.46. The zero-order valence-electron chi connectivity index (χ0n) is 35.8. The number of furan rings is 2. The molecule has 2 aromatic heterocycles. The molecule has 3 heteroatoms. The zero-order valence-corrected chi connectivity index (χ0v) is 38.2. The summed E-state index contributed by atoms with van der Waals surface area (Å²) in [7, 11) is 0. The predicted octanol–water partition coefficient (Wildman–Crippen LogP) is 16.1. The van der Waals surface area contributed by atoms with Gasteiger partial charge in [-0.25, -0.2) is 0 Å². The van der Waals surface area contributed by atoms with Crippen molar-refractivity contribution in [2.75, 3.05) is 0 Å². The summed E-state index contributed by atoms with van der Waals surface area (Å²) in [5.41, 5.74) is 18.1. The van der Waals surface area contributed by atoms with Gasteiger partial charge in [0.25, 0.3) is 0 Å². The van der Waals surface area contributed by atoms with Crippen LogP contribution in [0.5, 0.6) is 0 Å². The second-order valence-corrected chi connectivity index (χ2v) is 22.2. The molecule has 6 aromatic carbocycles. The molecule has 2 atom stereocenters. The monoisotopic (exact) mass is 868 g/mol. The molecular weight excluding hydrogens is 820 g/mol. The Morgan fingerprint density at radius 2 is 0.738 bits per heavy atom. The van der Waals surface area contributed by atoms with Crippen LogP contribution >= 0.6 is 0 Å². The van der Waals surface area contributed by atoms with Gasteiger partial charge in [-0.1, -0.05) is 0 Å². The quantitative estimate of drug-likeness (QED) is 0.152. The van der Waals surface area contributed by atoms with E-state index in [2.05, 4.69) is 224 Å². The summed E-state index contributed by atoms with van der Waals surface area (Å²) in [6.07, 6.45) is 4.91. The van der Waals surface area contributed by atoms with E-state index in [1.807, 2.05) is 0 Å². The topological polar surface area (TPSA) is 26.3 Å². The molecule has 2 heterocycles. The van der Waals surface area contributed by atoms with Crippen LogP contribution in [0.1, 0.15) is 93.7 Å². The summed E-state index contributed by atoms with van der Waals surface area (Å²) >= 11 is -1.46. The molecule has 0 bridgehead atoms. The Balaban J connectivity index is 1.11. The third-order valence-electron chi connectivity index (χ3n) is 12.5. The van der Waals surface area contributed by atoms with Gasteiger partial charge in [0.2, 0.25) is 0 Å². The van der Waals surface area contributed by atoms with Gasteiger partial charge in [0, 0.05) is 0 Å². The van der Waals surface area contributed by atoms with Crippen molar-refractivity contribution in [1.29, 1.82) is 0 Å². The van der Waals surface area contributed by atoms with Gasteiger partial charge in [0.1, 0.15) is 0 Å². The molecule has 2 aliphatic carbocycles. The van der Waals surface area contributed by atoms with E-state index in [4.69, 9.17) is 8.83 Å². The Hall–Kier alpha value is -5.76. The summed E-state index contributed by atoms with van der Waals surface area (Å²) in [6.45, 7) is 13.7. The van der Waals surface area contributed by atoms with Gasteiger partial charge in [0.05, 0.1) is 0 Å². The SMILES string of the molecule is CC(C)(C)c1ccc(-c2cccc3c2C=C(c2ccc(-c4ccccc4)o2)[CH]3[Zr][CH]2C(c3ccc(-c4ccccc4)o3)=Cc3c(-c4ccc(C(C)(C)C)cc4)cccc32)cc1. The standard InChI is InChI=1S/2C29H25O.Zr/c2*1-29(2,3)24-14-12-20(13-15-24)25-11-7-10-22-18-23(19-26(22)25)28-17-16-27(30-28)21-8-5-4-6-9-21;/h2*4-19H,1-3H3;. The van der Waals surface area contributed by atoms with E-state index in [0.717, 1.165) is 34.2 Å². The molecule has 298 valence electrons. The van der Waals surface area contributed by atoms with Gasteiger partial charge in [0.15, 0.2) is 0 Å². The number of hydrogen-bond donors (Lipinski definition) is 0. The fourth-order valence-electron chi connectivity index (χ4n) is 9.06. The Bertz CT molecular complexity index is 2720. The van der Waals surface area contributed by atoms with Crippen molar-refractivity contribution in [3.05, 3.63) is 215 Å². The van der Waals surface area contributed by atoms with Crippen LogP contribution in [0.15, 0.2) is 179 Å². The number of hydrogen-bond acceptors (Lipinski definition) is 2. The number of fused-ring (bicyclic) bond motifs is 2. The van der Waals surface area contributed by atoms with Crippen LogP contribution in [0.2, 0.25) is 0 Å². The summed E-state index contributed by atoms with van der Waals surface area (Å²) in [5, 5.41) is 0. The number of benzene rings is 6. The van der Waals surface area contributed by atoms with Crippen molar-refractivity contribution in [2.24, 2.45) is 0 Å². The fraction of sp³-hybridized carbons (Fsp3) is 0.172. The van der Waals surface area contributed by atoms with Gasteiger partial charge in [-0.3, -0.25) is 0 Å². The van der Waals surface area contributed by atoms with Crippen LogP contribution in [-0.4, -0.2) is 0 Å². The van der Waals surface area contributed by atoms with E-state index in [-0.39, 0.29) is 18.1 Å². The van der Waals surface area contributed by atoms with Gasteiger partial charge < -0.3 is 0 Å². The Labute approximate surface area is 372 Å². The van der Waals surface area contributed by atoms with Crippen LogP contribution in [0, 0.1) is 0 Å². The van der Waals surface area contributed by atoms with Crippen molar-refractivity contribution in [3.8, 4) is 44.9 Å². The van der Waals surface area contributed by atoms with Crippen molar-refractivity contribution >= 4 is 23.3 Å². The van der Waals surface area contributed by atoms with Crippen molar-refractivity contribution in [2.45, 2.75) is 59.6 Å². The molecule has 0 amide bonds. The summed E-state index contributed by atoms with van der Waals surface area (Å²) in [5.74, 6) is 3.70. The normalized spacial score (nSPS) is 15.9. The van der Waals surface area contributed by atoms with Crippen LogP contribution in [0.4, 0.5) is 0 Å². The second-order valence-electron chi connectivity index (χ2n) is 18.6. The first kappa shape index (κ1) is 39.4. The van der Waals surface area contributed by atoms with Crippen LogP contribution in [0.25, 0.3) is 68.2 Å². The molecule has 0 saturated heterocycles.